The number of hydrogen-bond donors (Lipinski definition) is 1. The smallest absolute Gasteiger partial charge is 0.276 e. The van der Waals surface area contributed by atoms with Crippen LogP contribution >= 0.6 is 11.8 Å². The van der Waals surface area contributed by atoms with Gasteiger partial charge in [0.05, 0.1) is 5.56 Å². The standard InChI is InChI=1S/C12H11N3OS/c1-2-17-12-15-14-11(16-12)9-7-13-10-6-4-3-5-8(9)10/h3-7,13H,2H2,1H3. The molecule has 0 aliphatic carbocycles. The number of nitrogens with one attached hydrogen (secondary N) is 1. The van der Waals surface area contributed by atoms with Crippen LogP contribution in [0.15, 0.2) is 40.1 Å². The first-order valence-corrected chi connectivity index (χ1v) is 6.40. The Bertz CT molecular complexity index is 644. The van der Waals surface area contributed by atoms with Gasteiger partial charge in [-0.05, 0) is 11.8 Å². The van der Waals surface area contributed by atoms with Crippen molar-refractivity contribution in [2.75, 3.05) is 5.75 Å². The molecule has 4 nitrogen and oxygen atoms in total. The molecule has 0 aliphatic heterocycles. The van der Waals surface area contributed by atoms with Crippen molar-refractivity contribution in [2.45, 2.75) is 12.1 Å². The molecule has 0 bridgehead atoms. The summed E-state index contributed by atoms with van der Waals surface area (Å²) in [5.41, 5.74) is 2.03. The first-order chi connectivity index (χ1) is 8.38. The number of nitrogens with zero attached hydrogens (tertiary/aromatic N) is 2. The van der Waals surface area contributed by atoms with Gasteiger partial charge in [-0.1, -0.05) is 36.9 Å². The van der Waals surface area contributed by atoms with Crippen LogP contribution in [0.4, 0.5) is 0 Å². The number of benzene rings is 1. The molecule has 2 aromatic heterocycles. The largest absolute Gasteiger partial charge is 0.411 e. The predicted molar refractivity (Wildman–Crippen MR) is 68.0 cm³/mol. The van der Waals surface area contributed by atoms with Crippen LogP contribution in [0.5, 0.6) is 0 Å². The molecule has 0 unspecified atom stereocenters. The number of aromatic nitrogens is 3. The molecule has 1 N–H and O–H groups in total. The molecule has 3 aromatic rings. The molecule has 3 rings (SSSR count). The predicted octanol–water partition coefficient (Wildman–Crippen LogP) is 3.33. The van der Waals surface area contributed by atoms with Gasteiger partial charge in [0, 0.05) is 17.1 Å². The van der Waals surface area contributed by atoms with E-state index in [1.165, 1.54) is 0 Å². The summed E-state index contributed by atoms with van der Waals surface area (Å²) in [5.74, 6) is 1.49. The quantitative estimate of drug-likeness (QED) is 0.719. The molecule has 0 spiro atoms. The summed E-state index contributed by atoms with van der Waals surface area (Å²) in [5, 5.41) is 9.79. The Morgan fingerprint density at radius 1 is 1.29 bits per heavy atom. The Hall–Kier alpha value is -1.75. The molecule has 17 heavy (non-hydrogen) atoms. The molecular formula is C12H11N3OS. The summed E-state index contributed by atoms with van der Waals surface area (Å²) >= 11 is 1.55. The zero-order valence-electron chi connectivity index (χ0n) is 9.30. The van der Waals surface area contributed by atoms with Gasteiger partial charge in [-0.15, -0.1) is 10.2 Å². The van der Waals surface area contributed by atoms with E-state index >= 15 is 0 Å². The van der Waals surface area contributed by atoms with Crippen molar-refractivity contribution < 1.29 is 4.42 Å². The normalized spacial score (nSPS) is 11.1. The summed E-state index contributed by atoms with van der Waals surface area (Å²) in [7, 11) is 0. The van der Waals surface area contributed by atoms with Crippen molar-refractivity contribution >= 4 is 22.7 Å². The van der Waals surface area contributed by atoms with Crippen LogP contribution in [0.1, 0.15) is 6.92 Å². The highest BCUT2D eigenvalue weighted by molar-refractivity contribution is 7.99. The molecular weight excluding hydrogens is 234 g/mol. The van der Waals surface area contributed by atoms with E-state index in [9.17, 15) is 0 Å². The molecule has 5 heteroatoms. The molecule has 2 heterocycles. The molecule has 0 saturated carbocycles. The van der Waals surface area contributed by atoms with E-state index in [4.69, 9.17) is 4.42 Å². The zero-order valence-corrected chi connectivity index (χ0v) is 10.1. The third kappa shape index (κ3) is 1.82. The van der Waals surface area contributed by atoms with Crippen molar-refractivity contribution in [2.24, 2.45) is 0 Å². The maximum Gasteiger partial charge on any atom is 0.276 e. The second-order valence-corrected chi connectivity index (χ2v) is 4.77. The van der Waals surface area contributed by atoms with Gasteiger partial charge < -0.3 is 9.40 Å². The minimum absolute atomic E-state index is 0.568. The number of fused-ring (bicyclic) bond motifs is 1. The van der Waals surface area contributed by atoms with Crippen molar-refractivity contribution in [3.05, 3.63) is 30.5 Å². The summed E-state index contributed by atoms with van der Waals surface area (Å²) in [4.78, 5) is 3.19. The Balaban J connectivity index is 2.07. The molecule has 86 valence electrons. The van der Waals surface area contributed by atoms with E-state index in [0.29, 0.717) is 11.1 Å². The average Bonchev–Trinajstić information content (AvgIpc) is 2.95. The molecule has 0 saturated heterocycles. The second kappa shape index (κ2) is 4.25. The van der Waals surface area contributed by atoms with Gasteiger partial charge in [-0.25, -0.2) is 0 Å². The number of H-pyrrole nitrogens is 1. The van der Waals surface area contributed by atoms with E-state index in [0.717, 1.165) is 22.2 Å². The Labute approximate surface area is 102 Å². The number of hydrogen-bond acceptors (Lipinski definition) is 4. The molecule has 0 aliphatic rings. The topological polar surface area (TPSA) is 54.7 Å². The van der Waals surface area contributed by atoms with Crippen LogP contribution in [0, 0.1) is 0 Å². The van der Waals surface area contributed by atoms with Crippen LogP contribution in [-0.2, 0) is 0 Å². The van der Waals surface area contributed by atoms with E-state index in [1.807, 2.05) is 30.5 Å². The number of para-hydroxylation sites is 1. The maximum atomic E-state index is 5.60. The van der Waals surface area contributed by atoms with Crippen molar-refractivity contribution in [1.82, 2.24) is 15.2 Å². The van der Waals surface area contributed by atoms with Gasteiger partial charge in [0.1, 0.15) is 0 Å². The monoisotopic (exact) mass is 245 g/mol. The fourth-order valence-electron chi connectivity index (χ4n) is 1.75. The van der Waals surface area contributed by atoms with Gasteiger partial charge in [0.15, 0.2) is 0 Å². The second-order valence-electron chi connectivity index (χ2n) is 3.55. The summed E-state index contributed by atoms with van der Waals surface area (Å²) in [6.07, 6.45) is 1.90. The van der Waals surface area contributed by atoms with Crippen molar-refractivity contribution in [3.63, 3.8) is 0 Å². The molecule has 0 radical (unpaired) electrons. The van der Waals surface area contributed by atoms with E-state index < -0.39 is 0 Å². The average molecular weight is 245 g/mol. The van der Waals surface area contributed by atoms with Crippen LogP contribution in [0.2, 0.25) is 0 Å². The fourth-order valence-corrected chi connectivity index (χ4v) is 2.23. The maximum absolute atomic E-state index is 5.60. The van der Waals surface area contributed by atoms with E-state index in [1.54, 1.807) is 11.8 Å². The van der Waals surface area contributed by atoms with Gasteiger partial charge in [0.25, 0.3) is 11.1 Å². The minimum Gasteiger partial charge on any atom is -0.411 e. The lowest BCUT2D eigenvalue weighted by atomic mass is 10.2. The molecule has 0 amide bonds. The Morgan fingerprint density at radius 3 is 3.06 bits per heavy atom. The summed E-state index contributed by atoms with van der Waals surface area (Å²) in [6, 6.07) is 8.06. The first-order valence-electron chi connectivity index (χ1n) is 5.41. The number of thioether (sulfide) groups is 1. The summed E-state index contributed by atoms with van der Waals surface area (Å²) < 4.78 is 5.60. The minimum atomic E-state index is 0.568. The SMILES string of the molecule is CCSc1nnc(-c2c[nH]c3ccccc23)o1. The lowest BCUT2D eigenvalue weighted by molar-refractivity contribution is 0.466. The highest BCUT2D eigenvalue weighted by atomic mass is 32.2. The zero-order chi connectivity index (χ0) is 11.7. The number of aromatic amines is 1. The third-order valence-corrected chi connectivity index (χ3v) is 3.19. The molecule has 0 atom stereocenters. The Kier molecular flexibility index (Phi) is 2.60. The van der Waals surface area contributed by atoms with Gasteiger partial charge >= 0.3 is 0 Å². The van der Waals surface area contributed by atoms with Crippen LogP contribution in [0.3, 0.4) is 0 Å². The van der Waals surface area contributed by atoms with E-state index in [2.05, 4.69) is 22.1 Å². The van der Waals surface area contributed by atoms with Crippen molar-refractivity contribution in [3.8, 4) is 11.5 Å². The van der Waals surface area contributed by atoms with Gasteiger partial charge in [-0.3, -0.25) is 0 Å². The summed E-state index contributed by atoms with van der Waals surface area (Å²) in [6.45, 7) is 2.06. The molecule has 1 aromatic carbocycles. The third-order valence-electron chi connectivity index (χ3n) is 2.49. The van der Waals surface area contributed by atoms with Crippen LogP contribution in [0.25, 0.3) is 22.4 Å². The fraction of sp³-hybridized carbons (Fsp3) is 0.167. The Morgan fingerprint density at radius 2 is 2.18 bits per heavy atom. The van der Waals surface area contributed by atoms with Crippen LogP contribution in [-0.4, -0.2) is 20.9 Å². The van der Waals surface area contributed by atoms with Crippen LogP contribution < -0.4 is 0 Å². The van der Waals surface area contributed by atoms with Gasteiger partial charge in [0.2, 0.25) is 0 Å². The highest BCUT2D eigenvalue weighted by Gasteiger charge is 2.12. The first kappa shape index (κ1) is 10.4. The highest BCUT2D eigenvalue weighted by Crippen LogP contribution is 2.29. The van der Waals surface area contributed by atoms with Crippen molar-refractivity contribution in [1.29, 1.82) is 0 Å². The lowest BCUT2D eigenvalue weighted by Gasteiger charge is -1.91. The lowest BCUT2D eigenvalue weighted by Crippen LogP contribution is -1.74. The molecule has 0 fully saturated rings. The van der Waals surface area contributed by atoms with Gasteiger partial charge in [-0.2, -0.15) is 0 Å². The van der Waals surface area contributed by atoms with E-state index in [-0.39, 0.29) is 0 Å². The number of rotatable bonds is 3.